The molecule has 0 aliphatic carbocycles. The predicted molar refractivity (Wildman–Crippen MR) is 101 cm³/mol. The van der Waals surface area contributed by atoms with Crippen LogP contribution in [0.25, 0.3) is 0 Å². The lowest BCUT2D eigenvalue weighted by Gasteiger charge is -2.21. The molecule has 0 amide bonds. The molecule has 1 heterocycles. The Hall–Kier alpha value is -2.29. The van der Waals surface area contributed by atoms with Crippen molar-refractivity contribution in [2.45, 2.75) is 33.1 Å². The Kier molecular flexibility index (Phi) is 7.46. The number of nitrogens with one attached hydrogen (secondary N) is 1. The van der Waals surface area contributed by atoms with Crippen LogP contribution in [0.3, 0.4) is 0 Å². The lowest BCUT2D eigenvalue weighted by Crippen LogP contribution is -2.38. The Bertz CT molecular complexity index is 761. The third-order valence-corrected chi connectivity index (χ3v) is 4.35. The van der Waals surface area contributed by atoms with E-state index in [9.17, 15) is 13.2 Å². The maximum Gasteiger partial charge on any atom is 0.422 e. The van der Waals surface area contributed by atoms with Crippen molar-refractivity contribution in [3.63, 3.8) is 0 Å². The van der Waals surface area contributed by atoms with Crippen LogP contribution in [0.5, 0.6) is 5.75 Å². The van der Waals surface area contributed by atoms with E-state index in [-0.39, 0.29) is 12.3 Å². The van der Waals surface area contributed by atoms with Gasteiger partial charge in [-0.3, -0.25) is 0 Å². The van der Waals surface area contributed by atoms with Crippen LogP contribution < -0.4 is 10.1 Å². The van der Waals surface area contributed by atoms with E-state index in [0.29, 0.717) is 24.6 Å². The van der Waals surface area contributed by atoms with Crippen molar-refractivity contribution < 1.29 is 17.9 Å². The molecule has 1 aromatic heterocycles. The zero-order valence-corrected chi connectivity index (χ0v) is 16.3. The topological polar surface area (TPSA) is 49.8 Å². The molecule has 9 heteroatoms. The summed E-state index contributed by atoms with van der Waals surface area (Å²) >= 11 is 1.58. The average molecular weight is 400 g/mol. The molecule has 2 aromatic rings. The van der Waals surface area contributed by atoms with Crippen LogP contribution in [-0.2, 0) is 13.1 Å². The first-order chi connectivity index (χ1) is 12.8. The zero-order chi connectivity index (χ0) is 19.9. The number of hydrogen-bond acceptors (Lipinski definition) is 4. The number of alkyl halides is 3. The second-order valence-electron chi connectivity index (χ2n) is 5.90. The largest absolute Gasteiger partial charge is 0.484 e. The molecule has 0 saturated carbocycles. The molecule has 0 radical (unpaired) electrons. The van der Waals surface area contributed by atoms with Gasteiger partial charge in [-0.15, -0.1) is 11.3 Å². The summed E-state index contributed by atoms with van der Waals surface area (Å²) in [7, 11) is 1.89. The molecular formula is C18H23F3N4OS. The first kappa shape index (κ1) is 21.0. The smallest absolute Gasteiger partial charge is 0.422 e. The highest BCUT2D eigenvalue weighted by Crippen LogP contribution is 2.23. The van der Waals surface area contributed by atoms with Gasteiger partial charge in [-0.1, -0.05) is 18.2 Å². The maximum absolute atomic E-state index is 12.4. The maximum atomic E-state index is 12.4. The number of guanidine groups is 1. The minimum Gasteiger partial charge on any atom is -0.484 e. The van der Waals surface area contributed by atoms with Gasteiger partial charge in [0.1, 0.15) is 5.75 Å². The van der Waals surface area contributed by atoms with Gasteiger partial charge in [-0.25, -0.2) is 9.98 Å². The minimum atomic E-state index is -4.38. The third-order valence-electron chi connectivity index (χ3n) is 3.53. The third kappa shape index (κ3) is 7.09. The number of halogens is 3. The molecule has 148 valence electrons. The van der Waals surface area contributed by atoms with Gasteiger partial charge >= 0.3 is 6.18 Å². The fourth-order valence-electron chi connectivity index (χ4n) is 2.36. The van der Waals surface area contributed by atoms with Crippen LogP contribution in [0.4, 0.5) is 13.2 Å². The Balaban J connectivity index is 2.09. The number of nitrogens with zero attached hydrogens (tertiary/aromatic N) is 3. The van der Waals surface area contributed by atoms with Crippen molar-refractivity contribution in [2.24, 2.45) is 4.99 Å². The van der Waals surface area contributed by atoms with E-state index in [2.05, 4.69) is 15.3 Å². The van der Waals surface area contributed by atoms with E-state index in [1.807, 2.05) is 31.2 Å². The van der Waals surface area contributed by atoms with Crippen molar-refractivity contribution in [3.8, 4) is 5.75 Å². The molecule has 0 saturated heterocycles. The molecule has 0 fully saturated rings. The van der Waals surface area contributed by atoms with E-state index in [1.54, 1.807) is 29.5 Å². The van der Waals surface area contributed by atoms with Crippen LogP contribution in [0.15, 0.2) is 34.6 Å². The molecule has 0 atom stereocenters. The summed E-state index contributed by atoms with van der Waals surface area (Å²) < 4.78 is 42.2. The lowest BCUT2D eigenvalue weighted by molar-refractivity contribution is -0.153. The molecule has 1 N–H and O–H groups in total. The van der Waals surface area contributed by atoms with Gasteiger partial charge in [0.05, 0.1) is 23.8 Å². The van der Waals surface area contributed by atoms with Crippen molar-refractivity contribution >= 4 is 17.3 Å². The van der Waals surface area contributed by atoms with E-state index >= 15 is 0 Å². The van der Waals surface area contributed by atoms with Gasteiger partial charge < -0.3 is 15.0 Å². The van der Waals surface area contributed by atoms with Gasteiger partial charge in [-0.05, 0) is 19.9 Å². The molecule has 1 aromatic carbocycles. The van der Waals surface area contributed by atoms with E-state index in [1.165, 1.54) is 6.07 Å². The summed E-state index contributed by atoms with van der Waals surface area (Å²) in [6, 6.07) is 6.62. The quantitative estimate of drug-likeness (QED) is 0.564. The number of aryl methyl sites for hydroxylation is 1. The molecule has 0 bridgehead atoms. The predicted octanol–water partition coefficient (Wildman–Crippen LogP) is 3.99. The number of aromatic nitrogens is 1. The number of thiazole rings is 1. The monoisotopic (exact) mass is 400 g/mol. The molecule has 5 nitrogen and oxygen atoms in total. The van der Waals surface area contributed by atoms with Crippen molar-refractivity contribution in [3.05, 3.63) is 45.9 Å². The number of aliphatic imine (C=N–C) groups is 1. The number of para-hydroxylation sites is 1. The summed E-state index contributed by atoms with van der Waals surface area (Å²) in [5.41, 5.74) is 1.54. The lowest BCUT2D eigenvalue weighted by atomic mass is 10.2. The number of rotatable bonds is 7. The highest BCUT2D eigenvalue weighted by atomic mass is 32.1. The Morgan fingerprint density at radius 3 is 2.70 bits per heavy atom. The molecule has 2 rings (SSSR count). The van der Waals surface area contributed by atoms with Crippen molar-refractivity contribution in [1.29, 1.82) is 0 Å². The first-order valence-corrected chi connectivity index (χ1v) is 9.34. The highest BCUT2D eigenvalue weighted by Gasteiger charge is 2.28. The first-order valence-electron chi connectivity index (χ1n) is 8.46. The van der Waals surface area contributed by atoms with Crippen LogP contribution in [-0.4, -0.2) is 42.2 Å². The fraction of sp³-hybridized carbons (Fsp3) is 0.444. The Morgan fingerprint density at radius 2 is 2.07 bits per heavy atom. The van der Waals surface area contributed by atoms with E-state index in [4.69, 9.17) is 4.74 Å². The standard InChI is InChI=1S/C18H23F3N4OS/c1-4-22-17(25(3)10-15-11-27-13(2)24-15)23-9-14-7-5-6-8-16(14)26-12-18(19,20)21/h5-8,11H,4,9-10,12H2,1-3H3,(H,22,23). The van der Waals surface area contributed by atoms with Crippen molar-refractivity contribution in [2.75, 3.05) is 20.2 Å². The van der Waals surface area contributed by atoms with Crippen LogP contribution >= 0.6 is 11.3 Å². The van der Waals surface area contributed by atoms with E-state index < -0.39 is 12.8 Å². The normalized spacial score (nSPS) is 12.1. The van der Waals surface area contributed by atoms with Gasteiger partial charge in [0, 0.05) is 24.5 Å². The van der Waals surface area contributed by atoms with Crippen LogP contribution in [0.2, 0.25) is 0 Å². The van der Waals surface area contributed by atoms with Gasteiger partial charge in [0.25, 0.3) is 0 Å². The van der Waals surface area contributed by atoms with Crippen molar-refractivity contribution in [1.82, 2.24) is 15.2 Å². The van der Waals surface area contributed by atoms with Crippen LogP contribution in [0.1, 0.15) is 23.2 Å². The number of ether oxygens (including phenoxy) is 1. The summed E-state index contributed by atoms with van der Waals surface area (Å²) in [6.07, 6.45) is -4.38. The van der Waals surface area contributed by atoms with Gasteiger partial charge in [-0.2, -0.15) is 13.2 Å². The zero-order valence-electron chi connectivity index (χ0n) is 15.5. The molecular weight excluding hydrogens is 377 g/mol. The second-order valence-corrected chi connectivity index (χ2v) is 6.96. The Morgan fingerprint density at radius 1 is 1.33 bits per heavy atom. The van der Waals surface area contributed by atoms with Gasteiger partial charge in [0.2, 0.25) is 0 Å². The molecule has 0 aliphatic heterocycles. The van der Waals surface area contributed by atoms with E-state index in [0.717, 1.165) is 10.7 Å². The summed E-state index contributed by atoms with van der Waals surface area (Å²) in [4.78, 5) is 10.9. The molecule has 27 heavy (non-hydrogen) atoms. The summed E-state index contributed by atoms with van der Waals surface area (Å²) in [5, 5.41) is 6.18. The van der Waals surface area contributed by atoms with Gasteiger partial charge in [0.15, 0.2) is 12.6 Å². The second kappa shape index (κ2) is 9.59. The number of benzene rings is 1. The minimum absolute atomic E-state index is 0.187. The summed E-state index contributed by atoms with van der Waals surface area (Å²) in [5.74, 6) is 0.834. The number of hydrogen-bond donors (Lipinski definition) is 1. The SMILES string of the molecule is CCNC(=NCc1ccccc1OCC(F)(F)F)N(C)Cc1csc(C)n1. The van der Waals surface area contributed by atoms with Crippen LogP contribution in [0, 0.1) is 6.92 Å². The highest BCUT2D eigenvalue weighted by molar-refractivity contribution is 7.09. The molecule has 0 unspecified atom stereocenters. The molecule has 0 spiro atoms. The molecule has 0 aliphatic rings. The fourth-order valence-corrected chi connectivity index (χ4v) is 2.97. The summed E-state index contributed by atoms with van der Waals surface area (Å²) in [6.45, 7) is 4.05. The Labute approximate surface area is 160 Å². The average Bonchev–Trinajstić information content (AvgIpc) is 3.01.